The molecule has 1 fully saturated rings. The van der Waals surface area contributed by atoms with Crippen molar-refractivity contribution in [3.8, 4) is 0 Å². The van der Waals surface area contributed by atoms with Gasteiger partial charge >= 0.3 is 5.97 Å². The minimum atomic E-state index is -0.553. The molecule has 6 heteroatoms. The number of hydrogen-bond acceptors (Lipinski definition) is 3. The minimum Gasteiger partial charge on any atom is -0.451 e. The first-order chi connectivity index (χ1) is 9.61. The number of fused-ring (bicyclic) bond motifs is 1. The summed E-state index contributed by atoms with van der Waals surface area (Å²) in [5.41, 5.74) is 1.10. The molecular formula is C14H13ClN2O3. The van der Waals surface area contributed by atoms with E-state index < -0.39 is 5.97 Å². The maximum atomic E-state index is 11.8. The molecule has 1 aromatic heterocycles. The predicted octanol–water partition coefficient (Wildman–Crippen LogP) is 2.26. The van der Waals surface area contributed by atoms with Gasteiger partial charge in [0.05, 0.1) is 0 Å². The van der Waals surface area contributed by atoms with E-state index in [-0.39, 0.29) is 18.6 Å². The number of H-pyrrole nitrogens is 1. The Bertz CT molecular complexity index is 676. The molecule has 3 rings (SSSR count). The van der Waals surface area contributed by atoms with Gasteiger partial charge in [0, 0.05) is 22.0 Å². The van der Waals surface area contributed by atoms with Crippen molar-refractivity contribution >= 4 is 34.4 Å². The first-order valence-electron chi connectivity index (χ1n) is 6.36. The van der Waals surface area contributed by atoms with Crippen molar-refractivity contribution in [2.45, 2.75) is 18.9 Å². The lowest BCUT2D eigenvalue weighted by Crippen LogP contribution is -2.30. The lowest BCUT2D eigenvalue weighted by atomic mass is 10.2. The number of amides is 1. The molecule has 1 amide bonds. The van der Waals surface area contributed by atoms with E-state index in [1.54, 1.807) is 24.3 Å². The van der Waals surface area contributed by atoms with E-state index in [0.717, 1.165) is 23.7 Å². The zero-order valence-electron chi connectivity index (χ0n) is 10.6. The molecule has 0 spiro atoms. The van der Waals surface area contributed by atoms with Crippen LogP contribution in [0.4, 0.5) is 0 Å². The Morgan fingerprint density at radius 1 is 1.35 bits per heavy atom. The van der Waals surface area contributed by atoms with Crippen LogP contribution in [-0.4, -0.2) is 29.5 Å². The molecule has 20 heavy (non-hydrogen) atoms. The average Bonchev–Trinajstić information content (AvgIpc) is 3.12. The van der Waals surface area contributed by atoms with Crippen molar-refractivity contribution in [1.29, 1.82) is 0 Å². The Hall–Kier alpha value is -2.01. The van der Waals surface area contributed by atoms with E-state index in [4.69, 9.17) is 16.3 Å². The number of hydrogen-bond donors (Lipinski definition) is 2. The molecule has 1 aromatic carbocycles. The number of aromatic nitrogens is 1. The topological polar surface area (TPSA) is 71.2 Å². The number of carbonyl (C=O) groups excluding carboxylic acids is 2. The highest BCUT2D eigenvalue weighted by Crippen LogP contribution is 2.20. The summed E-state index contributed by atoms with van der Waals surface area (Å²) in [6, 6.07) is 7.19. The maximum absolute atomic E-state index is 11.8. The van der Waals surface area contributed by atoms with Crippen LogP contribution in [0.2, 0.25) is 5.02 Å². The summed E-state index contributed by atoms with van der Waals surface area (Å²) in [7, 11) is 0. The van der Waals surface area contributed by atoms with Gasteiger partial charge in [-0.25, -0.2) is 4.79 Å². The Morgan fingerprint density at radius 3 is 2.90 bits per heavy atom. The van der Waals surface area contributed by atoms with Crippen molar-refractivity contribution in [3.63, 3.8) is 0 Å². The van der Waals surface area contributed by atoms with Gasteiger partial charge in [-0.05, 0) is 37.1 Å². The molecule has 0 atom stereocenters. The number of benzene rings is 1. The summed E-state index contributed by atoms with van der Waals surface area (Å²) in [4.78, 5) is 26.2. The molecule has 5 nitrogen and oxygen atoms in total. The van der Waals surface area contributed by atoms with E-state index in [1.807, 2.05) is 0 Å². The summed E-state index contributed by atoms with van der Waals surface area (Å²) < 4.78 is 4.96. The first kappa shape index (κ1) is 13.0. The number of esters is 1. The van der Waals surface area contributed by atoms with Gasteiger partial charge in [-0.3, -0.25) is 4.79 Å². The summed E-state index contributed by atoms with van der Waals surface area (Å²) >= 11 is 5.88. The minimum absolute atomic E-state index is 0.258. The molecule has 0 saturated heterocycles. The van der Waals surface area contributed by atoms with Gasteiger partial charge < -0.3 is 15.0 Å². The lowest BCUT2D eigenvalue weighted by molar-refractivity contribution is -0.124. The van der Waals surface area contributed by atoms with Gasteiger partial charge in [0.15, 0.2) is 6.61 Å². The zero-order valence-corrected chi connectivity index (χ0v) is 11.4. The highest BCUT2D eigenvalue weighted by Gasteiger charge is 2.23. The van der Waals surface area contributed by atoms with Crippen LogP contribution in [0.3, 0.4) is 0 Å². The summed E-state index contributed by atoms with van der Waals surface area (Å²) in [6.45, 7) is -0.258. The molecule has 0 radical (unpaired) electrons. The SMILES string of the molecule is O=C(COC(=O)c1cc2cc(Cl)ccc2[nH]1)NC1CC1. The highest BCUT2D eigenvalue weighted by atomic mass is 35.5. The van der Waals surface area contributed by atoms with Crippen molar-refractivity contribution in [1.82, 2.24) is 10.3 Å². The Morgan fingerprint density at radius 2 is 2.15 bits per heavy atom. The fourth-order valence-corrected chi connectivity index (χ4v) is 2.10. The molecule has 1 aliphatic rings. The molecule has 1 aliphatic carbocycles. The van der Waals surface area contributed by atoms with Crippen LogP contribution in [0, 0.1) is 0 Å². The van der Waals surface area contributed by atoms with Gasteiger partial charge in [0.1, 0.15) is 5.69 Å². The quantitative estimate of drug-likeness (QED) is 0.849. The summed E-state index contributed by atoms with van der Waals surface area (Å²) in [6.07, 6.45) is 2.00. The van der Waals surface area contributed by atoms with Gasteiger partial charge in [-0.15, -0.1) is 0 Å². The maximum Gasteiger partial charge on any atom is 0.355 e. The van der Waals surface area contributed by atoms with Crippen molar-refractivity contribution in [2.75, 3.05) is 6.61 Å². The van der Waals surface area contributed by atoms with Crippen LogP contribution in [0.1, 0.15) is 23.3 Å². The van der Waals surface area contributed by atoms with Crippen molar-refractivity contribution in [3.05, 3.63) is 35.0 Å². The Labute approximate surface area is 120 Å². The van der Waals surface area contributed by atoms with Gasteiger partial charge in [0.2, 0.25) is 0 Å². The Balaban J connectivity index is 1.64. The standard InChI is InChI=1S/C14H13ClN2O3/c15-9-1-4-11-8(5-9)6-12(17-11)14(19)20-7-13(18)16-10-2-3-10/h1,4-6,10,17H,2-3,7H2,(H,16,18). The zero-order chi connectivity index (χ0) is 14.1. The van der Waals surface area contributed by atoms with Crippen LogP contribution in [0.5, 0.6) is 0 Å². The van der Waals surface area contributed by atoms with Crippen LogP contribution in [0.25, 0.3) is 10.9 Å². The number of halogens is 1. The molecule has 0 aliphatic heterocycles. The number of ether oxygens (including phenoxy) is 1. The van der Waals surface area contributed by atoms with Gasteiger partial charge in [-0.1, -0.05) is 11.6 Å². The molecule has 1 heterocycles. The second kappa shape index (κ2) is 5.17. The number of rotatable bonds is 4. The third-order valence-corrected chi connectivity index (χ3v) is 3.31. The lowest BCUT2D eigenvalue weighted by Gasteiger charge is -2.04. The number of nitrogens with one attached hydrogen (secondary N) is 2. The molecule has 2 aromatic rings. The van der Waals surface area contributed by atoms with Crippen molar-refractivity contribution in [2.24, 2.45) is 0 Å². The van der Waals surface area contributed by atoms with Crippen LogP contribution in [-0.2, 0) is 9.53 Å². The number of aromatic amines is 1. The average molecular weight is 293 g/mol. The van der Waals surface area contributed by atoms with Crippen LogP contribution in [0.15, 0.2) is 24.3 Å². The normalized spacial score (nSPS) is 14.2. The molecular weight excluding hydrogens is 280 g/mol. The van der Waals surface area contributed by atoms with Gasteiger partial charge in [0.25, 0.3) is 5.91 Å². The van der Waals surface area contributed by atoms with E-state index in [1.165, 1.54) is 0 Å². The van der Waals surface area contributed by atoms with E-state index in [9.17, 15) is 9.59 Å². The summed E-state index contributed by atoms with van der Waals surface area (Å²) in [5.74, 6) is -0.816. The molecule has 2 N–H and O–H groups in total. The summed E-state index contributed by atoms with van der Waals surface area (Å²) in [5, 5.41) is 4.17. The van der Waals surface area contributed by atoms with Gasteiger partial charge in [-0.2, -0.15) is 0 Å². The third-order valence-electron chi connectivity index (χ3n) is 3.08. The van der Waals surface area contributed by atoms with E-state index in [2.05, 4.69) is 10.3 Å². The molecule has 0 unspecified atom stereocenters. The molecule has 104 valence electrons. The first-order valence-corrected chi connectivity index (χ1v) is 6.74. The van der Waals surface area contributed by atoms with E-state index in [0.29, 0.717) is 10.7 Å². The Kier molecular flexibility index (Phi) is 3.36. The van der Waals surface area contributed by atoms with Crippen molar-refractivity contribution < 1.29 is 14.3 Å². The van der Waals surface area contributed by atoms with Crippen LogP contribution >= 0.6 is 11.6 Å². The smallest absolute Gasteiger partial charge is 0.355 e. The third kappa shape index (κ3) is 2.93. The fourth-order valence-electron chi connectivity index (χ4n) is 1.92. The monoisotopic (exact) mass is 292 g/mol. The fraction of sp³-hybridized carbons (Fsp3) is 0.286. The predicted molar refractivity (Wildman–Crippen MR) is 74.8 cm³/mol. The van der Waals surface area contributed by atoms with Crippen LogP contribution < -0.4 is 5.32 Å². The second-order valence-electron chi connectivity index (χ2n) is 4.83. The van der Waals surface area contributed by atoms with E-state index >= 15 is 0 Å². The molecule has 1 saturated carbocycles. The molecule has 0 bridgehead atoms. The number of carbonyl (C=O) groups is 2. The highest BCUT2D eigenvalue weighted by molar-refractivity contribution is 6.31. The second-order valence-corrected chi connectivity index (χ2v) is 5.27. The largest absolute Gasteiger partial charge is 0.451 e.